The number of carbonyl (C=O) groups excluding carboxylic acids is 3. The monoisotopic (exact) mass is 333 g/mol. The lowest BCUT2D eigenvalue weighted by atomic mass is 9.99. The fourth-order valence-electron chi connectivity index (χ4n) is 3.22. The van der Waals surface area contributed by atoms with Gasteiger partial charge in [-0.3, -0.25) is 9.59 Å². The van der Waals surface area contributed by atoms with Crippen molar-refractivity contribution in [2.75, 3.05) is 18.0 Å². The third kappa shape index (κ3) is 3.25. The Labute approximate surface area is 139 Å². The highest BCUT2D eigenvalue weighted by Crippen LogP contribution is 2.22. The second kappa shape index (κ2) is 6.59. The number of nitrogens with one attached hydrogen (secondary N) is 1. The minimum absolute atomic E-state index is 0.0466. The highest BCUT2D eigenvalue weighted by Gasteiger charge is 2.40. The number of rotatable bonds is 3. The molecule has 2 aliphatic heterocycles. The molecule has 0 unspecified atom stereocenters. The molecule has 0 aromatic heterocycles. The van der Waals surface area contributed by atoms with E-state index in [-0.39, 0.29) is 12.3 Å². The van der Waals surface area contributed by atoms with Gasteiger partial charge in [-0.1, -0.05) is 6.92 Å². The Balaban J connectivity index is 1.67. The molecule has 128 valence electrons. The number of imide groups is 1. The fourth-order valence-corrected chi connectivity index (χ4v) is 3.22. The number of anilines is 1. The lowest BCUT2D eigenvalue weighted by Crippen LogP contribution is -2.43. The Hall–Kier alpha value is -2.44. The zero-order chi connectivity index (χ0) is 17.3. The minimum atomic E-state index is -0.868. The molecule has 1 aromatic rings. The number of likely N-dealkylation sites (tertiary alicyclic amines) is 1. The van der Waals surface area contributed by atoms with Gasteiger partial charge in [-0.2, -0.15) is 0 Å². The van der Waals surface area contributed by atoms with Gasteiger partial charge in [0.2, 0.25) is 5.91 Å². The summed E-state index contributed by atoms with van der Waals surface area (Å²) in [6.07, 6.45) is 2.01. The molecule has 1 N–H and O–H groups in total. The smallest absolute Gasteiger partial charge is 0.329 e. The summed E-state index contributed by atoms with van der Waals surface area (Å²) in [5.41, 5.74) is 0.292. The van der Waals surface area contributed by atoms with E-state index in [0.717, 1.165) is 17.7 Å². The summed E-state index contributed by atoms with van der Waals surface area (Å²) in [6, 6.07) is 3.64. The molecule has 1 aromatic carbocycles. The van der Waals surface area contributed by atoms with Crippen LogP contribution >= 0.6 is 0 Å². The second-order valence-electron chi connectivity index (χ2n) is 6.44. The molecule has 2 heterocycles. The van der Waals surface area contributed by atoms with Crippen molar-refractivity contribution in [1.29, 1.82) is 0 Å². The summed E-state index contributed by atoms with van der Waals surface area (Å²) in [5.74, 6) is -0.602. The molecular weight excluding hydrogens is 313 g/mol. The molecule has 4 amide bonds. The van der Waals surface area contributed by atoms with Crippen LogP contribution in [-0.4, -0.2) is 41.9 Å². The molecule has 7 heteroatoms. The van der Waals surface area contributed by atoms with Crippen LogP contribution in [0.2, 0.25) is 0 Å². The van der Waals surface area contributed by atoms with Crippen LogP contribution in [0.3, 0.4) is 0 Å². The van der Waals surface area contributed by atoms with E-state index >= 15 is 0 Å². The number of carbonyl (C=O) groups is 3. The maximum Gasteiger partial charge on any atom is 0.329 e. The molecule has 0 aliphatic carbocycles. The van der Waals surface area contributed by atoms with Crippen molar-refractivity contribution in [3.05, 3.63) is 30.1 Å². The number of halogens is 1. The van der Waals surface area contributed by atoms with E-state index in [4.69, 9.17) is 0 Å². The van der Waals surface area contributed by atoms with Gasteiger partial charge in [0.1, 0.15) is 11.9 Å². The van der Waals surface area contributed by atoms with E-state index in [1.165, 1.54) is 24.3 Å². The average Bonchev–Trinajstić information content (AvgIpc) is 2.82. The van der Waals surface area contributed by atoms with Crippen molar-refractivity contribution in [3.63, 3.8) is 0 Å². The van der Waals surface area contributed by atoms with Crippen molar-refractivity contribution in [2.45, 2.75) is 32.2 Å². The van der Waals surface area contributed by atoms with Crippen LogP contribution in [0.5, 0.6) is 0 Å². The fraction of sp³-hybridized carbons (Fsp3) is 0.471. The number of benzene rings is 1. The zero-order valence-electron chi connectivity index (χ0n) is 13.5. The Morgan fingerprint density at radius 1 is 1.29 bits per heavy atom. The predicted molar refractivity (Wildman–Crippen MR) is 85.8 cm³/mol. The van der Waals surface area contributed by atoms with E-state index in [0.29, 0.717) is 24.7 Å². The summed E-state index contributed by atoms with van der Waals surface area (Å²) < 4.78 is 13.0. The molecular formula is C17H20FN3O3. The standard InChI is InChI=1S/C17H20FN3O3/c1-11-3-2-8-20(10-11)15(22)9-14-16(23)21(17(24)19-14)13-6-4-12(18)5-7-13/h4-7,11,14H,2-3,8-10H2,1H3,(H,19,24)/t11-,14-/m0/s1. The summed E-state index contributed by atoms with van der Waals surface area (Å²) in [4.78, 5) is 39.6. The van der Waals surface area contributed by atoms with Crippen molar-refractivity contribution in [2.24, 2.45) is 5.92 Å². The summed E-state index contributed by atoms with van der Waals surface area (Å²) >= 11 is 0. The summed E-state index contributed by atoms with van der Waals surface area (Å²) in [7, 11) is 0. The Kier molecular flexibility index (Phi) is 4.51. The normalized spacial score (nSPS) is 24.2. The SMILES string of the molecule is C[C@H]1CCCN(C(=O)C[C@@H]2NC(=O)N(c3ccc(F)cc3)C2=O)C1. The number of nitrogens with zero attached hydrogens (tertiary/aromatic N) is 2. The summed E-state index contributed by atoms with van der Waals surface area (Å²) in [5, 5.41) is 2.54. The maximum atomic E-state index is 13.0. The van der Waals surface area contributed by atoms with Crippen LogP contribution < -0.4 is 10.2 Å². The largest absolute Gasteiger partial charge is 0.342 e. The first-order chi connectivity index (χ1) is 11.5. The van der Waals surface area contributed by atoms with Gasteiger partial charge in [-0.25, -0.2) is 14.1 Å². The van der Waals surface area contributed by atoms with Crippen molar-refractivity contribution in [1.82, 2.24) is 10.2 Å². The Bertz CT molecular complexity index is 662. The average molecular weight is 333 g/mol. The Morgan fingerprint density at radius 3 is 2.67 bits per heavy atom. The highest BCUT2D eigenvalue weighted by molar-refractivity contribution is 6.22. The molecule has 2 fully saturated rings. The van der Waals surface area contributed by atoms with Crippen LogP contribution in [-0.2, 0) is 9.59 Å². The molecule has 2 atom stereocenters. The van der Waals surface area contributed by atoms with E-state index in [1.807, 2.05) is 0 Å². The van der Waals surface area contributed by atoms with E-state index in [9.17, 15) is 18.8 Å². The molecule has 2 aliphatic rings. The third-order valence-corrected chi connectivity index (χ3v) is 4.49. The van der Waals surface area contributed by atoms with Crippen LogP contribution in [0, 0.1) is 11.7 Å². The predicted octanol–water partition coefficient (Wildman–Crippen LogP) is 1.90. The quantitative estimate of drug-likeness (QED) is 0.859. The van der Waals surface area contributed by atoms with Crippen molar-refractivity contribution in [3.8, 4) is 0 Å². The molecule has 0 spiro atoms. The van der Waals surface area contributed by atoms with Gasteiger partial charge in [0.05, 0.1) is 12.1 Å². The van der Waals surface area contributed by atoms with E-state index < -0.39 is 23.8 Å². The second-order valence-corrected chi connectivity index (χ2v) is 6.44. The van der Waals surface area contributed by atoms with Gasteiger partial charge >= 0.3 is 6.03 Å². The molecule has 0 bridgehead atoms. The first-order valence-electron chi connectivity index (χ1n) is 8.13. The molecule has 24 heavy (non-hydrogen) atoms. The first kappa shape index (κ1) is 16.4. The number of amides is 4. The molecule has 3 rings (SSSR count). The lowest BCUT2D eigenvalue weighted by molar-refractivity contribution is -0.135. The van der Waals surface area contributed by atoms with Gasteiger partial charge in [-0.15, -0.1) is 0 Å². The molecule has 0 radical (unpaired) electrons. The molecule has 0 saturated carbocycles. The Morgan fingerprint density at radius 2 is 2.00 bits per heavy atom. The zero-order valence-corrected chi connectivity index (χ0v) is 13.5. The molecule has 6 nitrogen and oxygen atoms in total. The van der Waals surface area contributed by atoms with Crippen LogP contribution in [0.25, 0.3) is 0 Å². The van der Waals surface area contributed by atoms with Gasteiger partial charge < -0.3 is 10.2 Å². The number of piperidine rings is 1. The third-order valence-electron chi connectivity index (χ3n) is 4.49. The minimum Gasteiger partial charge on any atom is -0.342 e. The van der Waals surface area contributed by atoms with Crippen LogP contribution in [0.1, 0.15) is 26.2 Å². The topological polar surface area (TPSA) is 69.7 Å². The molecule has 2 saturated heterocycles. The van der Waals surface area contributed by atoms with Gasteiger partial charge in [0.15, 0.2) is 0 Å². The number of urea groups is 1. The number of hydrogen-bond acceptors (Lipinski definition) is 3. The van der Waals surface area contributed by atoms with Crippen molar-refractivity contribution < 1.29 is 18.8 Å². The summed E-state index contributed by atoms with van der Waals surface area (Å²) in [6.45, 7) is 3.48. The highest BCUT2D eigenvalue weighted by atomic mass is 19.1. The lowest BCUT2D eigenvalue weighted by Gasteiger charge is -2.31. The van der Waals surface area contributed by atoms with Crippen molar-refractivity contribution >= 4 is 23.5 Å². The van der Waals surface area contributed by atoms with Crippen LogP contribution in [0.15, 0.2) is 24.3 Å². The van der Waals surface area contributed by atoms with Gasteiger partial charge in [0, 0.05) is 13.1 Å². The van der Waals surface area contributed by atoms with Gasteiger partial charge in [-0.05, 0) is 43.0 Å². The first-order valence-corrected chi connectivity index (χ1v) is 8.13. The number of hydrogen-bond donors (Lipinski definition) is 1. The van der Waals surface area contributed by atoms with Gasteiger partial charge in [0.25, 0.3) is 5.91 Å². The van der Waals surface area contributed by atoms with E-state index in [1.54, 1.807) is 4.90 Å². The van der Waals surface area contributed by atoms with E-state index in [2.05, 4.69) is 12.2 Å². The van der Waals surface area contributed by atoms with Crippen LogP contribution in [0.4, 0.5) is 14.9 Å². The maximum absolute atomic E-state index is 13.0.